The molecule has 0 bridgehead atoms. The third kappa shape index (κ3) is 5.75. The molecule has 0 unspecified atom stereocenters. The Labute approximate surface area is 239 Å². The number of fused-ring (bicyclic) bond motifs is 1. The number of aryl methyl sites for hydroxylation is 1. The third-order valence-electron chi connectivity index (χ3n) is 8.56. The number of anilines is 3. The third-order valence-corrected chi connectivity index (χ3v) is 8.56. The fourth-order valence-corrected chi connectivity index (χ4v) is 6.29. The molecule has 214 valence electrons. The number of likely N-dealkylation sites (N-methyl/N-ethyl adjacent to an activating group) is 1. The lowest BCUT2D eigenvalue weighted by Crippen LogP contribution is -2.49. The molecule has 10 heteroatoms. The van der Waals surface area contributed by atoms with Crippen LogP contribution in [0.2, 0.25) is 0 Å². The number of urea groups is 1. The average Bonchev–Trinajstić information content (AvgIpc) is 3.36. The Bertz CT molecular complexity index is 1550. The van der Waals surface area contributed by atoms with Crippen molar-refractivity contribution in [3.05, 3.63) is 66.4 Å². The number of benzene rings is 2. The van der Waals surface area contributed by atoms with E-state index in [0.29, 0.717) is 29.2 Å². The first-order valence-corrected chi connectivity index (χ1v) is 14.3. The van der Waals surface area contributed by atoms with Gasteiger partial charge in [-0.3, -0.25) is 4.90 Å². The quantitative estimate of drug-likeness (QED) is 0.300. The molecule has 4 N–H and O–H groups in total. The first kappa shape index (κ1) is 27.2. The molecule has 0 atom stereocenters. The molecule has 3 heterocycles. The standard InChI is InChI=1S/C31H37FN8O/c1-20-4-3-5-22(16-20)36-31(41)37-27-11-6-21(17-26(27)32)25-18-40(30-28(25)29(33)34-19-35-30)24-9-7-23(8-10-24)39-14-12-38(2)13-15-39/h3-6,11,16-19,23-24H,7-10,12-15H2,1-2H3,(H2,33,34,35)(H2,36,37,41)/t23-,24+. The molecular formula is C31H37FN8O. The zero-order valence-electron chi connectivity index (χ0n) is 23.6. The van der Waals surface area contributed by atoms with Crippen LogP contribution < -0.4 is 16.4 Å². The fourth-order valence-electron chi connectivity index (χ4n) is 6.29. The van der Waals surface area contributed by atoms with E-state index >= 15 is 4.39 Å². The van der Waals surface area contributed by atoms with Crippen LogP contribution in [0.5, 0.6) is 0 Å². The van der Waals surface area contributed by atoms with Crippen molar-refractivity contribution in [3.63, 3.8) is 0 Å². The summed E-state index contributed by atoms with van der Waals surface area (Å²) in [5.41, 5.74) is 10.3. The largest absolute Gasteiger partial charge is 0.383 e. The Morgan fingerprint density at radius 3 is 2.46 bits per heavy atom. The second-order valence-electron chi connectivity index (χ2n) is 11.4. The van der Waals surface area contributed by atoms with Crippen LogP contribution in [-0.2, 0) is 0 Å². The van der Waals surface area contributed by atoms with Gasteiger partial charge in [-0.25, -0.2) is 19.2 Å². The van der Waals surface area contributed by atoms with E-state index in [9.17, 15) is 4.79 Å². The number of nitrogens with zero attached hydrogens (tertiary/aromatic N) is 5. The summed E-state index contributed by atoms with van der Waals surface area (Å²) in [7, 11) is 2.19. The molecule has 1 aliphatic carbocycles. The van der Waals surface area contributed by atoms with Gasteiger partial charge in [0.15, 0.2) is 0 Å². The van der Waals surface area contributed by atoms with Crippen LogP contribution in [0.4, 0.5) is 26.4 Å². The molecule has 1 saturated heterocycles. The minimum Gasteiger partial charge on any atom is -0.383 e. The predicted molar refractivity (Wildman–Crippen MR) is 162 cm³/mol. The van der Waals surface area contributed by atoms with Gasteiger partial charge in [0.1, 0.15) is 23.6 Å². The zero-order chi connectivity index (χ0) is 28.5. The lowest BCUT2D eigenvalue weighted by Gasteiger charge is -2.41. The Kier molecular flexibility index (Phi) is 7.59. The molecule has 0 spiro atoms. The molecule has 1 saturated carbocycles. The summed E-state index contributed by atoms with van der Waals surface area (Å²) in [6.45, 7) is 6.47. The van der Waals surface area contributed by atoms with Crippen molar-refractivity contribution >= 4 is 34.3 Å². The fraction of sp³-hybridized carbons (Fsp3) is 0.387. The molecule has 41 heavy (non-hydrogen) atoms. The summed E-state index contributed by atoms with van der Waals surface area (Å²) in [5, 5.41) is 6.08. The number of hydrogen-bond donors (Lipinski definition) is 3. The van der Waals surface area contributed by atoms with Crippen LogP contribution in [0.15, 0.2) is 55.0 Å². The zero-order valence-corrected chi connectivity index (χ0v) is 23.6. The number of halogens is 1. The van der Waals surface area contributed by atoms with Gasteiger partial charge in [0, 0.05) is 55.7 Å². The van der Waals surface area contributed by atoms with Crippen LogP contribution in [0, 0.1) is 12.7 Å². The smallest absolute Gasteiger partial charge is 0.323 e. The predicted octanol–water partition coefficient (Wildman–Crippen LogP) is 5.50. The monoisotopic (exact) mass is 556 g/mol. The molecule has 2 aliphatic rings. The first-order chi connectivity index (χ1) is 19.9. The van der Waals surface area contributed by atoms with E-state index in [0.717, 1.165) is 74.0 Å². The molecule has 9 nitrogen and oxygen atoms in total. The highest BCUT2D eigenvalue weighted by Crippen LogP contribution is 2.39. The maximum Gasteiger partial charge on any atom is 0.323 e. The van der Waals surface area contributed by atoms with E-state index in [1.54, 1.807) is 18.2 Å². The number of piperazine rings is 1. The Hall–Kier alpha value is -4.02. The van der Waals surface area contributed by atoms with Crippen LogP contribution in [-0.4, -0.2) is 69.6 Å². The number of aromatic nitrogens is 3. The van der Waals surface area contributed by atoms with Crippen LogP contribution >= 0.6 is 0 Å². The number of hydrogen-bond acceptors (Lipinski definition) is 6. The highest BCUT2D eigenvalue weighted by molar-refractivity contribution is 6.02. The van der Waals surface area contributed by atoms with Crippen molar-refractivity contribution in [1.82, 2.24) is 24.3 Å². The highest BCUT2D eigenvalue weighted by atomic mass is 19.1. The molecule has 2 fully saturated rings. The number of nitrogens with one attached hydrogen (secondary N) is 2. The summed E-state index contributed by atoms with van der Waals surface area (Å²) in [6, 6.07) is 12.6. The minimum absolute atomic E-state index is 0.0918. The van der Waals surface area contributed by atoms with Gasteiger partial charge in [0.2, 0.25) is 0 Å². The van der Waals surface area contributed by atoms with E-state index in [1.807, 2.05) is 31.3 Å². The van der Waals surface area contributed by atoms with E-state index < -0.39 is 11.8 Å². The molecular weight excluding hydrogens is 519 g/mol. The summed E-state index contributed by atoms with van der Waals surface area (Å²) in [6.07, 6.45) is 7.93. The summed E-state index contributed by atoms with van der Waals surface area (Å²) in [5.74, 6) is -0.166. The second kappa shape index (κ2) is 11.5. The van der Waals surface area contributed by atoms with Crippen molar-refractivity contribution in [2.24, 2.45) is 0 Å². The molecule has 1 aliphatic heterocycles. The van der Waals surface area contributed by atoms with Crippen LogP contribution in [0.3, 0.4) is 0 Å². The van der Waals surface area contributed by atoms with E-state index in [4.69, 9.17) is 5.73 Å². The Morgan fingerprint density at radius 2 is 1.73 bits per heavy atom. The number of nitrogen functional groups attached to an aromatic ring is 1. The summed E-state index contributed by atoms with van der Waals surface area (Å²) in [4.78, 5) is 26.4. The van der Waals surface area contributed by atoms with Crippen LogP contribution in [0.1, 0.15) is 37.3 Å². The topological polar surface area (TPSA) is 104 Å². The van der Waals surface area contributed by atoms with Gasteiger partial charge in [-0.1, -0.05) is 18.2 Å². The second-order valence-corrected chi connectivity index (χ2v) is 11.4. The van der Waals surface area contributed by atoms with E-state index in [1.165, 1.54) is 12.4 Å². The molecule has 0 radical (unpaired) electrons. The molecule has 4 aromatic rings. The van der Waals surface area contributed by atoms with Gasteiger partial charge in [-0.15, -0.1) is 0 Å². The van der Waals surface area contributed by atoms with Gasteiger partial charge in [0.05, 0.1) is 11.1 Å². The maximum atomic E-state index is 15.3. The van der Waals surface area contributed by atoms with Gasteiger partial charge in [0.25, 0.3) is 0 Å². The van der Waals surface area contributed by atoms with Gasteiger partial charge < -0.3 is 25.8 Å². The highest BCUT2D eigenvalue weighted by Gasteiger charge is 2.30. The van der Waals surface area contributed by atoms with E-state index in [2.05, 4.69) is 42.0 Å². The molecule has 2 aromatic heterocycles. The van der Waals surface area contributed by atoms with Crippen molar-refractivity contribution < 1.29 is 9.18 Å². The lowest BCUT2D eigenvalue weighted by atomic mass is 9.89. The van der Waals surface area contributed by atoms with Gasteiger partial charge >= 0.3 is 6.03 Å². The maximum absolute atomic E-state index is 15.3. The lowest BCUT2D eigenvalue weighted by molar-refractivity contribution is 0.0828. The Balaban J connectivity index is 1.21. The number of carbonyl (C=O) groups is 1. The number of carbonyl (C=O) groups excluding carboxylic acids is 1. The first-order valence-electron chi connectivity index (χ1n) is 14.3. The van der Waals surface area contributed by atoms with Crippen molar-refractivity contribution in [1.29, 1.82) is 0 Å². The van der Waals surface area contributed by atoms with Gasteiger partial charge in [-0.05, 0) is 75.0 Å². The van der Waals surface area contributed by atoms with Crippen molar-refractivity contribution in [2.45, 2.75) is 44.7 Å². The van der Waals surface area contributed by atoms with Crippen molar-refractivity contribution in [3.8, 4) is 11.1 Å². The number of rotatable bonds is 5. The normalized spacial score (nSPS) is 20.3. The summed E-state index contributed by atoms with van der Waals surface area (Å²) >= 11 is 0. The molecule has 2 amide bonds. The minimum atomic E-state index is -0.536. The number of nitrogens with two attached hydrogens (primary N) is 1. The molecule has 6 rings (SSSR count). The average molecular weight is 557 g/mol. The van der Waals surface area contributed by atoms with Gasteiger partial charge in [-0.2, -0.15) is 0 Å². The van der Waals surface area contributed by atoms with E-state index in [-0.39, 0.29) is 5.69 Å². The van der Waals surface area contributed by atoms with Crippen molar-refractivity contribution in [2.75, 3.05) is 49.6 Å². The SMILES string of the molecule is Cc1cccc(NC(=O)Nc2ccc(-c3cn([C@H]4CC[C@@H](N5CCN(C)CC5)CC4)c4ncnc(N)c34)cc2F)c1. The number of amides is 2. The summed E-state index contributed by atoms with van der Waals surface area (Å²) < 4.78 is 17.5. The van der Waals surface area contributed by atoms with Crippen LogP contribution in [0.25, 0.3) is 22.2 Å². The Morgan fingerprint density at radius 1 is 0.976 bits per heavy atom. The molecule has 2 aromatic carbocycles.